The van der Waals surface area contributed by atoms with Gasteiger partial charge in [-0.05, 0) is 12.1 Å². The third kappa shape index (κ3) is 2.68. The van der Waals surface area contributed by atoms with Gasteiger partial charge in [-0.1, -0.05) is 0 Å². The van der Waals surface area contributed by atoms with E-state index in [1.165, 1.54) is 13.3 Å². The van der Waals surface area contributed by atoms with Crippen LogP contribution in [0.4, 0.5) is 0 Å². The Labute approximate surface area is 80.8 Å². The molecule has 0 saturated carbocycles. The molecule has 1 aromatic rings. The van der Waals surface area contributed by atoms with Gasteiger partial charge in [0.2, 0.25) is 0 Å². The van der Waals surface area contributed by atoms with E-state index in [1.807, 2.05) is 0 Å². The molecule has 4 nitrogen and oxygen atoms in total. The van der Waals surface area contributed by atoms with Crippen molar-refractivity contribution in [2.45, 2.75) is 5.88 Å². The molecule has 13 heavy (non-hydrogen) atoms. The molecule has 0 aliphatic heterocycles. The van der Waals surface area contributed by atoms with Gasteiger partial charge in [0, 0.05) is 6.20 Å². The summed E-state index contributed by atoms with van der Waals surface area (Å²) in [5.41, 5.74) is 3.36. The molecule has 1 heterocycles. The van der Waals surface area contributed by atoms with Crippen molar-refractivity contribution in [3.8, 4) is 0 Å². The number of rotatable bonds is 3. The number of hydrogen-bond donors (Lipinski definition) is 1. The van der Waals surface area contributed by atoms with E-state index in [4.69, 9.17) is 11.6 Å². The van der Waals surface area contributed by atoms with Crippen molar-refractivity contribution >= 4 is 17.5 Å². The van der Waals surface area contributed by atoms with Crippen molar-refractivity contribution in [2.24, 2.45) is 0 Å². The van der Waals surface area contributed by atoms with Crippen LogP contribution in [-0.2, 0) is 10.7 Å². The van der Waals surface area contributed by atoms with E-state index in [1.54, 1.807) is 12.1 Å². The van der Waals surface area contributed by atoms with Crippen LogP contribution in [0.25, 0.3) is 0 Å². The molecule has 1 amide bonds. The highest BCUT2D eigenvalue weighted by atomic mass is 35.5. The number of nitrogens with zero attached hydrogens (tertiary/aromatic N) is 1. The quantitative estimate of drug-likeness (QED) is 0.588. The summed E-state index contributed by atoms with van der Waals surface area (Å²) in [6.45, 7) is 0. The van der Waals surface area contributed by atoms with Gasteiger partial charge < -0.3 is 0 Å². The lowest BCUT2D eigenvalue weighted by atomic mass is 10.2. The van der Waals surface area contributed by atoms with E-state index >= 15 is 0 Å². The number of carbonyl (C=O) groups excluding carboxylic acids is 1. The average Bonchev–Trinajstić information content (AvgIpc) is 2.18. The molecule has 0 aromatic carbocycles. The largest absolute Gasteiger partial charge is 0.277 e. The Hall–Kier alpha value is -1.13. The first-order valence-electron chi connectivity index (χ1n) is 3.62. The van der Waals surface area contributed by atoms with Crippen molar-refractivity contribution in [3.63, 3.8) is 0 Å². The standard InChI is InChI=1S/C8H9ClN2O2/c1-13-11-8(12)6-2-3-7(4-9)10-5-6/h2-3,5H,4H2,1H3,(H,11,12). The number of carbonyl (C=O) groups is 1. The normalized spacial score (nSPS) is 9.69. The molecule has 0 atom stereocenters. The minimum absolute atomic E-state index is 0.323. The van der Waals surface area contributed by atoms with Crippen molar-refractivity contribution in [1.82, 2.24) is 10.5 Å². The summed E-state index contributed by atoms with van der Waals surface area (Å²) in [5, 5.41) is 0. The molecule has 0 radical (unpaired) electrons. The predicted molar refractivity (Wildman–Crippen MR) is 48.3 cm³/mol. The number of hydroxylamine groups is 1. The van der Waals surface area contributed by atoms with Gasteiger partial charge in [0.1, 0.15) is 0 Å². The molecule has 0 aliphatic rings. The van der Waals surface area contributed by atoms with Gasteiger partial charge >= 0.3 is 0 Å². The highest BCUT2D eigenvalue weighted by molar-refractivity contribution is 6.16. The predicted octanol–water partition coefficient (Wildman–Crippen LogP) is 1.11. The molecule has 0 unspecified atom stereocenters. The minimum Gasteiger partial charge on any atom is -0.277 e. The third-order valence-electron chi connectivity index (χ3n) is 1.42. The van der Waals surface area contributed by atoms with Crippen LogP contribution in [-0.4, -0.2) is 18.0 Å². The van der Waals surface area contributed by atoms with Crippen LogP contribution in [0.1, 0.15) is 16.1 Å². The fourth-order valence-electron chi connectivity index (χ4n) is 0.789. The van der Waals surface area contributed by atoms with Crippen LogP contribution >= 0.6 is 11.6 Å². The Balaban J connectivity index is 2.74. The van der Waals surface area contributed by atoms with Gasteiger partial charge in [-0.15, -0.1) is 11.6 Å². The summed E-state index contributed by atoms with van der Waals surface area (Å²) < 4.78 is 0. The number of pyridine rings is 1. The first-order chi connectivity index (χ1) is 6.27. The second-order valence-electron chi connectivity index (χ2n) is 2.31. The lowest BCUT2D eigenvalue weighted by Crippen LogP contribution is -2.21. The van der Waals surface area contributed by atoms with Crippen molar-refractivity contribution in [2.75, 3.05) is 7.11 Å². The molecular weight excluding hydrogens is 192 g/mol. The fraction of sp³-hybridized carbons (Fsp3) is 0.250. The van der Waals surface area contributed by atoms with Gasteiger partial charge in [-0.3, -0.25) is 14.6 Å². The molecule has 1 rings (SSSR count). The van der Waals surface area contributed by atoms with E-state index in [2.05, 4.69) is 15.3 Å². The van der Waals surface area contributed by atoms with Crippen molar-refractivity contribution in [3.05, 3.63) is 29.6 Å². The Kier molecular flexibility index (Phi) is 3.67. The molecule has 5 heteroatoms. The van der Waals surface area contributed by atoms with Crippen LogP contribution in [0.5, 0.6) is 0 Å². The molecular formula is C8H9ClN2O2. The second kappa shape index (κ2) is 4.79. The first kappa shape index (κ1) is 9.95. The van der Waals surface area contributed by atoms with Crippen LogP contribution in [0.3, 0.4) is 0 Å². The maximum atomic E-state index is 11.1. The zero-order valence-electron chi connectivity index (χ0n) is 7.08. The molecule has 1 aromatic heterocycles. The molecule has 0 spiro atoms. The summed E-state index contributed by atoms with van der Waals surface area (Å²) in [4.78, 5) is 19.5. The summed E-state index contributed by atoms with van der Waals surface area (Å²) in [6.07, 6.45) is 1.45. The van der Waals surface area contributed by atoms with Crippen molar-refractivity contribution in [1.29, 1.82) is 0 Å². The number of halogens is 1. The highest BCUT2D eigenvalue weighted by Crippen LogP contribution is 2.02. The SMILES string of the molecule is CONC(=O)c1ccc(CCl)nc1. The number of hydrogen-bond acceptors (Lipinski definition) is 3. The lowest BCUT2D eigenvalue weighted by molar-refractivity contribution is 0.0537. The van der Waals surface area contributed by atoms with Gasteiger partial charge in [-0.25, -0.2) is 5.48 Å². The smallest absolute Gasteiger partial charge is 0.276 e. The number of aromatic nitrogens is 1. The Morgan fingerprint density at radius 2 is 2.46 bits per heavy atom. The van der Waals surface area contributed by atoms with Crippen LogP contribution in [0, 0.1) is 0 Å². The second-order valence-corrected chi connectivity index (χ2v) is 2.57. The fourth-order valence-corrected chi connectivity index (χ4v) is 0.948. The van der Waals surface area contributed by atoms with Crippen LogP contribution < -0.4 is 5.48 Å². The summed E-state index contributed by atoms with van der Waals surface area (Å²) in [6, 6.07) is 3.33. The van der Waals surface area contributed by atoms with E-state index in [-0.39, 0.29) is 5.91 Å². The minimum atomic E-state index is -0.323. The number of alkyl halides is 1. The Bertz CT molecular complexity index is 287. The molecule has 1 N–H and O–H groups in total. The maximum absolute atomic E-state index is 11.1. The van der Waals surface area contributed by atoms with Gasteiger partial charge in [0.05, 0.1) is 24.2 Å². The van der Waals surface area contributed by atoms with E-state index in [9.17, 15) is 4.79 Å². The maximum Gasteiger partial charge on any atom is 0.276 e. The van der Waals surface area contributed by atoms with Gasteiger partial charge in [-0.2, -0.15) is 0 Å². The third-order valence-corrected chi connectivity index (χ3v) is 1.69. The summed E-state index contributed by atoms with van der Waals surface area (Å²) in [5.74, 6) is 0.0164. The molecule has 70 valence electrons. The first-order valence-corrected chi connectivity index (χ1v) is 4.15. The van der Waals surface area contributed by atoms with Crippen LogP contribution in [0.2, 0.25) is 0 Å². The highest BCUT2D eigenvalue weighted by Gasteiger charge is 2.04. The lowest BCUT2D eigenvalue weighted by Gasteiger charge is -2.01. The Morgan fingerprint density at radius 1 is 1.69 bits per heavy atom. The summed E-state index contributed by atoms with van der Waals surface area (Å²) >= 11 is 5.53. The van der Waals surface area contributed by atoms with Gasteiger partial charge in [0.25, 0.3) is 5.91 Å². The molecule has 0 saturated heterocycles. The van der Waals surface area contributed by atoms with Gasteiger partial charge in [0.15, 0.2) is 0 Å². The van der Waals surface area contributed by atoms with E-state index < -0.39 is 0 Å². The Morgan fingerprint density at radius 3 is 2.92 bits per heavy atom. The number of amides is 1. The van der Waals surface area contributed by atoms with E-state index in [0.717, 1.165) is 5.69 Å². The number of nitrogens with one attached hydrogen (secondary N) is 1. The monoisotopic (exact) mass is 200 g/mol. The average molecular weight is 201 g/mol. The van der Waals surface area contributed by atoms with Crippen LogP contribution in [0.15, 0.2) is 18.3 Å². The zero-order chi connectivity index (χ0) is 9.68. The van der Waals surface area contributed by atoms with Crippen molar-refractivity contribution < 1.29 is 9.63 Å². The zero-order valence-corrected chi connectivity index (χ0v) is 7.84. The molecule has 0 bridgehead atoms. The molecule has 0 aliphatic carbocycles. The van der Waals surface area contributed by atoms with E-state index in [0.29, 0.717) is 11.4 Å². The summed E-state index contributed by atoms with van der Waals surface area (Å²) in [7, 11) is 1.37. The topological polar surface area (TPSA) is 51.2 Å². The molecule has 0 fully saturated rings.